The zero-order chi connectivity index (χ0) is 31.0. The van der Waals surface area contributed by atoms with Crippen LogP contribution in [-0.2, 0) is 20.7 Å². The van der Waals surface area contributed by atoms with Crippen molar-refractivity contribution in [2.24, 2.45) is 0 Å². The second-order valence-corrected chi connectivity index (χ2v) is 11.2. The molecule has 1 atom stereocenters. The molecule has 1 aliphatic heterocycles. The highest BCUT2D eigenvalue weighted by Gasteiger charge is 2.32. The molecular weight excluding hydrogens is 572 g/mol. The fourth-order valence-electron chi connectivity index (χ4n) is 5.12. The predicted molar refractivity (Wildman–Crippen MR) is 167 cm³/mol. The first-order chi connectivity index (χ1) is 22.0. The van der Waals surface area contributed by atoms with E-state index in [-0.39, 0.29) is 18.0 Å². The Morgan fingerprint density at radius 3 is 2.49 bits per heavy atom. The third-order valence-corrected chi connectivity index (χ3v) is 7.81. The van der Waals surface area contributed by atoms with Crippen LogP contribution in [0.3, 0.4) is 0 Å². The molecule has 11 heteroatoms. The van der Waals surface area contributed by atoms with Crippen molar-refractivity contribution in [2.45, 2.75) is 31.3 Å². The van der Waals surface area contributed by atoms with Crippen molar-refractivity contribution in [3.05, 3.63) is 96.3 Å². The number of rotatable bonds is 13. The highest BCUT2D eigenvalue weighted by atomic mass is 16.5. The summed E-state index contributed by atoms with van der Waals surface area (Å²) in [5, 5.41) is 10.2. The number of hydrogen-bond donors (Lipinski definition) is 2. The van der Waals surface area contributed by atoms with E-state index < -0.39 is 23.6 Å². The number of amides is 2. The maximum atomic E-state index is 13.7. The van der Waals surface area contributed by atoms with Crippen molar-refractivity contribution in [3.63, 3.8) is 0 Å². The Labute approximate surface area is 261 Å². The number of pyridine rings is 1. The zero-order valence-corrected chi connectivity index (χ0v) is 24.9. The summed E-state index contributed by atoms with van der Waals surface area (Å²) in [5.74, 6) is -0.909. The Kier molecular flexibility index (Phi) is 9.57. The SMILES string of the molecule is O=C(NC1CC1)C(=O)[C@H](Cc1ccc(OCCN2CCOCC2)cc1)NC(=O)c1cccnc1-n1ccc(-c2ccccc2)n1. The van der Waals surface area contributed by atoms with Crippen LogP contribution in [0.15, 0.2) is 85.2 Å². The lowest BCUT2D eigenvalue weighted by Crippen LogP contribution is -2.49. The minimum atomic E-state index is -1.09. The van der Waals surface area contributed by atoms with Crippen LogP contribution in [0.4, 0.5) is 0 Å². The van der Waals surface area contributed by atoms with Crippen molar-refractivity contribution >= 4 is 17.6 Å². The van der Waals surface area contributed by atoms with Gasteiger partial charge in [-0.05, 0) is 48.7 Å². The van der Waals surface area contributed by atoms with Gasteiger partial charge < -0.3 is 20.1 Å². The molecule has 1 saturated carbocycles. The lowest BCUT2D eigenvalue weighted by Gasteiger charge is -2.26. The molecule has 11 nitrogen and oxygen atoms in total. The third-order valence-electron chi connectivity index (χ3n) is 7.81. The number of nitrogens with one attached hydrogen (secondary N) is 2. The first-order valence-corrected chi connectivity index (χ1v) is 15.3. The quantitative estimate of drug-likeness (QED) is 0.222. The van der Waals surface area contributed by atoms with E-state index in [1.54, 1.807) is 24.5 Å². The molecule has 0 unspecified atom stereocenters. The van der Waals surface area contributed by atoms with Crippen LogP contribution in [0.1, 0.15) is 28.8 Å². The second-order valence-electron chi connectivity index (χ2n) is 11.2. The van der Waals surface area contributed by atoms with Crippen LogP contribution >= 0.6 is 0 Å². The minimum absolute atomic E-state index is 0.00949. The summed E-state index contributed by atoms with van der Waals surface area (Å²) in [5.41, 5.74) is 2.66. The smallest absolute Gasteiger partial charge is 0.289 e. The lowest BCUT2D eigenvalue weighted by molar-refractivity contribution is -0.139. The van der Waals surface area contributed by atoms with Gasteiger partial charge in [-0.15, -0.1) is 0 Å². The summed E-state index contributed by atoms with van der Waals surface area (Å²) in [6, 6.07) is 21.1. The largest absolute Gasteiger partial charge is 0.492 e. The number of benzene rings is 2. The van der Waals surface area contributed by atoms with Gasteiger partial charge in [0, 0.05) is 50.1 Å². The van der Waals surface area contributed by atoms with Crippen molar-refractivity contribution < 1.29 is 23.9 Å². The molecule has 1 aliphatic carbocycles. The highest BCUT2D eigenvalue weighted by molar-refractivity contribution is 6.38. The average Bonchev–Trinajstić information content (AvgIpc) is 3.76. The van der Waals surface area contributed by atoms with E-state index in [2.05, 4.69) is 25.6 Å². The summed E-state index contributed by atoms with van der Waals surface area (Å²) >= 11 is 0. The monoisotopic (exact) mass is 608 g/mol. The van der Waals surface area contributed by atoms with Crippen molar-refractivity contribution in [3.8, 4) is 22.8 Å². The molecule has 2 aromatic carbocycles. The number of nitrogens with zero attached hydrogens (tertiary/aromatic N) is 4. The zero-order valence-electron chi connectivity index (χ0n) is 24.9. The fourth-order valence-corrected chi connectivity index (χ4v) is 5.12. The van der Waals surface area contributed by atoms with Gasteiger partial charge in [-0.3, -0.25) is 19.3 Å². The van der Waals surface area contributed by atoms with Gasteiger partial charge in [0.25, 0.3) is 11.8 Å². The summed E-state index contributed by atoms with van der Waals surface area (Å²) in [6.45, 7) is 4.64. The summed E-state index contributed by atoms with van der Waals surface area (Å²) in [7, 11) is 0. The highest BCUT2D eigenvalue weighted by Crippen LogP contribution is 2.21. The van der Waals surface area contributed by atoms with E-state index in [4.69, 9.17) is 9.47 Å². The molecule has 6 rings (SSSR count). The van der Waals surface area contributed by atoms with Gasteiger partial charge in [0.1, 0.15) is 18.4 Å². The molecule has 2 N–H and O–H groups in total. The van der Waals surface area contributed by atoms with Crippen LogP contribution < -0.4 is 15.4 Å². The number of carbonyl (C=O) groups is 3. The topological polar surface area (TPSA) is 128 Å². The molecule has 45 heavy (non-hydrogen) atoms. The fraction of sp³-hybridized carbons (Fsp3) is 0.324. The molecule has 1 saturated heterocycles. The molecule has 0 bridgehead atoms. The van der Waals surface area contributed by atoms with E-state index in [9.17, 15) is 14.4 Å². The van der Waals surface area contributed by atoms with Crippen LogP contribution in [-0.4, -0.2) is 88.8 Å². The van der Waals surface area contributed by atoms with E-state index in [0.29, 0.717) is 18.2 Å². The Bertz CT molecular complexity index is 1610. The number of Topliss-reactive ketones (excluding diaryl/α,β-unsaturated/α-hetero) is 1. The maximum absolute atomic E-state index is 13.7. The standard InChI is InChI=1S/C34H36N6O5/c41-31(34(43)36-26-10-11-26)30(23-24-8-12-27(13-9-24)45-22-19-39-17-20-44-21-18-39)37-33(42)28-7-4-15-35-32(28)40-16-14-29(38-40)25-5-2-1-3-6-25/h1-9,12-16,26,30H,10-11,17-23H2,(H,36,43)(H,37,42)/t30-/m0/s1. The van der Waals surface area contributed by atoms with Gasteiger partial charge in [-0.1, -0.05) is 42.5 Å². The Morgan fingerprint density at radius 2 is 1.73 bits per heavy atom. The van der Waals surface area contributed by atoms with Gasteiger partial charge in [-0.25, -0.2) is 9.67 Å². The Morgan fingerprint density at radius 1 is 0.956 bits per heavy atom. The van der Waals surface area contributed by atoms with Gasteiger partial charge in [-0.2, -0.15) is 5.10 Å². The molecule has 232 valence electrons. The normalized spacial score (nSPS) is 15.6. The van der Waals surface area contributed by atoms with Gasteiger partial charge >= 0.3 is 0 Å². The molecular formula is C34H36N6O5. The van der Waals surface area contributed by atoms with Gasteiger partial charge in [0.05, 0.1) is 24.5 Å². The Hall–Kier alpha value is -4.87. The molecule has 3 heterocycles. The molecule has 2 amide bonds. The number of hydrogen-bond acceptors (Lipinski definition) is 8. The summed E-state index contributed by atoms with van der Waals surface area (Å²) < 4.78 is 12.8. The van der Waals surface area contributed by atoms with Crippen LogP contribution in [0, 0.1) is 0 Å². The van der Waals surface area contributed by atoms with Crippen LogP contribution in [0.25, 0.3) is 17.1 Å². The maximum Gasteiger partial charge on any atom is 0.289 e. The van der Waals surface area contributed by atoms with Gasteiger partial charge in [0.15, 0.2) is 5.82 Å². The van der Waals surface area contributed by atoms with Crippen molar-refractivity contribution in [1.29, 1.82) is 0 Å². The molecule has 0 radical (unpaired) electrons. The molecule has 2 aromatic heterocycles. The van der Waals surface area contributed by atoms with Crippen molar-refractivity contribution in [1.82, 2.24) is 30.3 Å². The first-order valence-electron chi connectivity index (χ1n) is 15.3. The number of ether oxygens (including phenoxy) is 2. The van der Waals surface area contributed by atoms with Crippen LogP contribution in [0.2, 0.25) is 0 Å². The number of carbonyl (C=O) groups excluding carboxylic acids is 3. The van der Waals surface area contributed by atoms with E-state index >= 15 is 0 Å². The van der Waals surface area contributed by atoms with E-state index in [0.717, 1.165) is 62.5 Å². The first kappa shape index (κ1) is 30.2. The molecule has 4 aromatic rings. The van der Waals surface area contributed by atoms with Gasteiger partial charge in [0.2, 0.25) is 5.78 Å². The molecule has 2 aliphatic rings. The number of aromatic nitrogens is 3. The van der Waals surface area contributed by atoms with Crippen LogP contribution in [0.5, 0.6) is 5.75 Å². The summed E-state index contributed by atoms with van der Waals surface area (Å²) in [4.78, 5) is 46.5. The third kappa shape index (κ3) is 8.00. The Balaban J connectivity index is 1.15. The lowest BCUT2D eigenvalue weighted by atomic mass is 10.0. The molecule has 2 fully saturated rings. The van der Waals surface area contributed by atoms with E-state index in [1.165, 1.54) is 4.68 Å². The van der Waals surface area contributed by atoms with Crippen molar-refractivity contribution in [2.75, 3.05) is 39.5 Å². The summed E-state index contributed by atoms with van der Waals surface area (Å²) in [6.07, 6.45) is 5.13. The minimum Gasteiger partial charge on any atom is -0.492 e. The number of morpholine rings is 1. The van der Waals surface area contributed by atoms with E-state index in [1.807, 2.05) is 60.7 Å². The number of ketones is 1. The second kappa shape index (κ2) is 14.3. The molecule has 0 spiro atoms. The predicted octanol–water partition coefficient (Wildman–Crippen LogP) is 2.83. The average molecular weight is 609 g/mol.